The number of pyridine rings is 3. The van der Waals surface area contributed by atoms with Crippen molar-refractivity contribution in [2.24, 2.45) is 0 Å². The molecule has 0 amide bonds. The third kappa shape index (κ3) is 3.36. The maximum atomic E-state index is 5.06. The van der Waals surface area contributed by atoms with Crippen LogP contribution in [0.3, 0.4) is 0 Å². The van der Waals surface area contributed by atoms with E-state index in [1.54, 1.807) is 0 Å². The fraction of sp³-hybridized carbons (Fsp3) is 0.0789. The average Bonchev–Trinajstić information content (AvgIpc) is 3.61. The van der Waals surface area contributed by atoms with Crippen LogP contribution in [-0.2, 0) is 5.41 Å². The minimum Gasteiger partial charge on any atom is -0.294 e. The van der Waals surface area contributed by atoms with Crippen molar-refractivity contribution in [3.63, 3.8) is 0 Å². The summed E-state index contributed by atoms with van der Waals surface area (Å²) in [7, 11) is 0. The molecule has 0 bridgehead atoms. The minimum absolute atomic E-state index is 0.277. The number of nitrogens with zero attached hydrogens (tertiary/aromatic N) is 5. The maximum Gasteiger partial charge on any atom is 0.146 e. The van der Waals surface area contributed by atoms with Crippen molar-refractivity contribution in [1.82, 2.24) is 23.9 Å². The normalized spacial score (nSPS) is 12.4. The van der Waals surface area contributed by atoms with Crippen molar-refractivity contribution in [3.05, 3.63) is 139 Å². The van der Waals surface area contributed by atoms with Gasteiger partial charge < -0.3 is 0 Å². The Kier molecular flexibility index (Phi) is 4.89. The van der Waals surface area contributed by atoms with Crippen LogP contribution in [0.2, 0.25) is 0 Å². The molecule has 0 aliphatic rings. The Hall–Kier alpha value is -5.55. The van der Waals surface area contributed by atoms with Gasteiger partial charge in [-0.2, -0.15) is 0 Å². The number of fused-ring (bicyclic) bond motifs is 11. The van der Waals surface area contributed by atoms with Crippen molar-refractivity contribution in [1.29, 1.82) is 0 Å². The zero-order chi connectivity index (χ0) is 28.7. The summed E-state index contributed by atoms with van der Waals surface area (Å²) in [4.78, 5) is 14.7. The monoisotopic (exact) mass is 553 g/mol. The van der Waals surface area contributed by atoms with Gasteiger partial charge in [0.1, 0.15) is 11.5 Å². The Morgan fingerprint density at radius 3 is 2.09 bits per heavy atom. The predicted octanol–water partition coefficient (Wildman–Crippen LogP) is 9.01. The van der Waals surface area contributed by atoms with E-state index in [9.17, 15) is 0 Å². The Balaban J connectivity index is 1.29. The molecule has 43 heavy (non-hydrogen) atoms. The molecular formula is C38H27N5. The maximum absolute atomic E-state index is 5.06. The number of benzene rings is 4. The van der Waals surface area contributed by atoms with Crippen molar-refractivity contribution in [2.45, 2.75) is 19.3 Å². The van der Waals surface area contributed by atoms with Gasteiger partial charge in [-0.3, -0.25) is 14.0 Å². The summed E-state index contributed by atoms with van der Waals surface area (Å²) in [5, 5.41) is 4.68. The molecule has 0 aliphatic heterocycles. The highest BCUT2D eigenvalue weighted by Gasteiger charge is 2.26. The molecule has 0 spiro atoms. The van der Waals surface area contributed by atoms with E-state index in [1.165, 1.54) is 21.9 Å². The van der Waals surface area contributed by atoms with E-state index in [-0.39, 0.29) is 5.41 Å². The molecular weight excluding hydrogens is 526 g/mol. The van der Waals surface area contributed by atoms with Crippen LogP contribution in [0, 0.1) is 0 Å². The van der Waals surface area contributed by atoms with Crippen LogP contribution in [0.25, 0.3) is 66.1 Å². The predicted molar refractivity (Wildman–Crippen MR) is 176 cm³/mol. The van der Waals surface area contributed by atoms with E-state index >= 15 is 0 Å². The number of imidazole rings is 1. The van der Waals surface area contributed by atoms with Crippen molar-refractivity contribution >= 4 is 60.3 Å². The standard InChI is InChI=1S/C38H27N5/c1-38(2,25-16-18-27-26-10-3-5-12-31(26)42(34(27)23-25)35-15-7-8-20-39-35)24-17-19-28-29(22-24)36-33(14-9-21-40-36)43-32-13-6-4-11-30(32)41-37(28)43/h3-23H,1-2H3. The van der Waals surface area contributed by atoms with Crippen LogP contribution >= 0.6 is 0 Å². The van der Waals surface area contributed by atoms with E-state index in [2.05, 4.69) is 114 Å². The van der Waals surface area contributed by atoms with Crippen LogP contribution in [0.1, 0.15) is 25.0 Å². The largest absolute Gasteiger partial charge is 0.294 e. The molecule has 0 aliphatic carbocycles. The number of para-hydroxylation sites is 3. The van der Waals surface area contributed by atoms with Gasteiger partial charge in [-0.25, -0.2) is 9.97 Å². The smallest absolute Gasteiger partial charge is 0.146 e. The van der Waals surface area contributed by atoms with Gasteiger partial charge in [-0.1, -0.05) is 74.5 Å². The highest BCUT2D eigenvalue weighted by Crippen LogP contribution is 2.40. The molecule has 0 N–H and O–H groups in total. The molecule has 0 unspecified atom stereocenters. The summed E-state index contributed by atoms with van der Waals surface area (Å²) in [6.45, 7) is 4.61. The highest BCUT2D eigenvalue weighted by molar-refractivity contribution is 6.12. The van der Waals surface area contributed by atoms with E-state index in [0.717, 1.165) is 55.3 Å². The molecule has 204 valence electrons. The molecule has 5 nitrogen and oxygen atoms in total. The van der Waals surface area contributed by atoms with Crippen molar-refractivity contribution < 1.29 is 0 Å². The van der Waals surface area contributed by atoms with Gasteiger partial charge in [0.15, 0.2) is 0 Å². The first-order valence-electron chi connectivity index (χ1n) is 14.6. The van der Waals surface area contributed by atoms with Gasteiger partial charge in [0.2, 0.25) is 0 Å². The first-order valence-corrected chi connectivity index (χ1v) is 14.6. The fourth-order valence-electron chi connectivity index (χ4n) is 6.82. The molecule has 5 heterocycles. The first kappa shape index (κ1) is 24.1. The molecule has 0 fully saturated rings. The van der Waals surface area contributed by atoms with Gasteiger partial charge >= 0.3 is 0 Å². The molecule has 5 aromatic heterocycles. The molecule has 0 radical (unpaired) electrons. The second-order valence-corrected chi connectivity index (χ2v) is 11.8. The lowest BCUT2D eigenvalue weighted by Crippen LogP contribution is -2.19. The van der Waals surface area contributed by atoms with Crippen LogP contribution in [0.5, 0.6) is 0 Å². The summed E-state index contributed by atoms with van der Waals surface area (Å²) in [6, 6.07) is 40.8. The van der Waals surface area contributed by atoms with Gasteiger partial charge in [0.25, 0.3) is 0 Å². The summed E-state index contributed by atoms with van der Waals surface area (Å²) in [6.07, 6.45) is 3.74. The Morgan fingerprint density at radius 2 is 1.23 bits per heavy atom. The lowest BCUT2D eigenvalue weighted by molar-refractivity contribution is 0.642. The lowest BCUT2D eigenvalue weighted by Gasteiger charge is -2.27. The van der Waals surface area contributed by atoms with Crippen LogP contribution in [0.4, 0.5) is 0 Å². The van der Waals surface area contributed by atoms with Crippen LogP contribution in [0.15, 0.2) is 128 Å². The Morgan fingerprint density at radius 1 is 0.535 bits per heavy atom. The molecule has 9 aromatic rings. The third-order valence-electron chi connectivity index (χ3n) is 9.10. The third-order valence-corrected chi connectivity index (χ3v) is 9.10. The molecule has 0 saturated heterocycles. The molecule has 4 aromatic carbocycles. The topological polar surface area (TPSA) is 48.0 Å². The summed E-state index contributed by atoms with van der Waals surface area (Å²) in [5.41, 5.74) is 9.60. The van der Waals surface area contributed by atoms with Gasteiger partial charge in [0, 0.05) is 39.4 Å². The summed E-state index contributed by atoms with van der Waals surface area (Å²) < 4.78 is 4.52. The Bertz CT molecular complexity index is 2540. The number of rotatable bonds is 3. The molecule has 0 saturated carbocycles. The van der Waals surface area contributed by atoms with E-state index in [0.29, 0.717) is 0 Å². The number of hydrogen-bond acceptors (Lipinski definition) is 3. The lowest BCUT2D eigenvalue weighted by atomic mass is 9.77. The highest BCUT2D eigenvalue weighted by atomic mass is 15.1. The first-order chi connectivity index (χ1) is 21.1. The van der Waals surface area contributed by atoms with Crippen molar-refractivity contribution in [2.75, 3.05) is 0 Å². The minimum atomic E-state index is -0.277. The second-order valence-electron chi connectivity index (χ2n) is 11.8. The fourth-order valence-corrected chi connectivity index (χ4v) is 6.82. The summed E-state index contributed by atoms with van der Waals surface area (Å²) >= 11 is 0. The van der Waals surface area contributed by atoms with Crippen molar-refractivity contribution in [3.8, 4) is 5.82 Å². The SMILES string of the molecule is CC(C)(c1ccc2c(c1)c1ncccc1n1c3ccccc3nc21)c1ccc2c3ccccc3n(-c3ccccn3)c2c1. The van der Waals surface area contributed by atoms with E-state index < -0.39 is 0 Å². The van der Waals surface area contributed by atoms with Gasteiger partial charge in [-0.15, -0.1) is 0 Å². The zero-order valence-electron chi connectivity index (χ0n) is 23.9. The van der Waals surface area contributed by atoms with Gasteiger partial charge in [-0.05, 0) is 65.7 Å². The average molecular weight is 554 g/mol. The van der Waals surface area contributed by atoms with E-state index in [4.69, 9.17) is 15.0 Å². The number of aromatic nitrogens is 5. The van der Waals surface area contributed by atoms with Gasteiger partial charge in [0.05, 0.1) is 33.1 Å². The van der Waals surface area contributed by atoms with E-state index in [1.807, 2.05) is 36.7 Å². The quantitative estimate of drug-likeness (QED) is 0.205. The summed E-state index contributed by atoms with van der Waals surface area (Å²) in [5.74, 6) is 0.919. The molecule has 5 heteroatoms. The van der Waals surface area contributed by atoms with Crippen LogP contribution in [-0.4, -0.2) is 23.9 Å². The molecule has 9 rings (SSSR count). The second kappa shape index (κ2) is 8.73. The Labute approximate surface area is 247 Å². The molecule has 0 atom stereocenters. The van der Waals surface area contributed by atoms with Crippen LogP contribution < -0.4 is 0 Å². The number of hydrogen-bond donors (Lipinski definition) is 0. The zero-order valence-corrected chi connectivity index (χ0v) is 23.9.